The van der Waals surface area contributed by atoms with Crippen molar-refractivity contribution in [3.8, 4) is 0 Å². The van der Waals surface area contributed by atoms with Gasteiger partial charge in [-0.2, -0.15) is 0 Å². The van der Waals surface area contributed by atoms with Crippen LogP contribution in [0.1, 0.15) is 17.8 Å². The van der Waals surface area contributed by atoms with Crippen molar-refractivity contribution in [1.29, 1.82) is 0 Å². The number of aromatic nitrogens is 1. The van der Waals surface area contributed by atoms with Crippen molar-refractivity contribution in [2.24, 2.45) is 0 Å². The lowest BCUT2D eigenvalue weighted by atomic mass is 10.2. The Morgan fingerprint density at radius 1 is 1.62 bits per heavy atom. The minimum absolute atomic E-state index is 0.220. The van der Waals surface area contributed by atoms with Crippen LogP contribution < -0.4 is 5.32 Å². The molecule has 0 amide bonds. The second-order valence-electron chi connectivity index (χ2n) is 3.82. The third-order valence-corrected chi connectivity index (χ3v) is 6.03. The normalized spacial score (nSPS) is 23.7. The standard InChI is InChI=1S/C9H13ClN2O2S2/c10-8-5-12-9(15-8)6-11-4-7-2-1-3-16(7,13)14/h5,7,11H,1-4,6H2. The molecular weight excluding hydrogens is 268 g/mol. The fourth-order valence-electron chi connectivity index (χ4n) is 1.80. The Bertz CT molecular complexity index is 458. The summed E-state index contributed by atoms with van der Waals surface area (Å²) in [6.07, 6.45) is 3.17. The molecule has 0 spiro atoms. The second-order valence-corrected chi connectivity index (χ2v) is 7.97. The minimum atomic E-state index is -2.84. The predicted molar refractivity (Wildman–Crippen MR) is 65.6 cm³/mol. The second kappa shape index (κ2) is 5.00. The lowest BCUT2D eigenvalue weighted by Gasteiger charge is -2.09. The highest BCUT2D eigenvalue weighted by Gasteiger charge is 2.30. The summed E-state index contributed by atoms with van der Waals surface area (Å²) in [5.74, 6) is 0.336. The SMILES string of the molecule is O=S1(=O)CCCC1CNCc1ncc(Cl)s1. The molecule has 1 atom stereocenters. The molecule has 1 N–H and O–H groups in total. The molecule has 1 aromatic heterocycles. The highest BCUT2D eigenvalue weighted by atomic mass is 35.5. The van der Waals surface area contributed by atoms with E-state index in [0.717, 1.165) is 17.8 Å². The number of halogens is 1. The molecule has 0 radical (unpaired) electrons. The zero-order chi connectivity index (χ0) is 11.6. The summed E-state index contributed by atoms with van der Waals surface area (Å²) in [7, 11) is -2.84. The Kier molecular flexibility index (Phi) is 3.84. The first-order chi connectivity index (χ1) is 7.58. The van der Waals surface area contributed by atoms with Crippen molar-refractivity contribution < 1.29 is 8.42 Å². The van der Waals surface area contributed by atoms with Gasteiger partial charge in [-0.3, -0.25) is 0 Å². The highest BCUT2D eigenvalue weighted by molar-refractivity contribution is 7.92. The Morgan fingerprint density at radius 2 is 2.44 bits per heavy atom. The van der Waals surface area contributed by atoms with Gasteiger partial charge in [0, 0.05) is 13.1 Å². The van der Waals surface area contributed by atoms with Crippen LogP contribution in [0, 0.1) is 0 Å². The molecule has 1 aromatic rings. The Balaban J connectivity index is 1.80. The van der Waals surface area contributed by atoms with Gasteiger partial charge in [-0.15, -0.1) is 11.3 Å². The molecule has 0 aliphatic carbocycles. The van der Waals surface area contributed by atoms with E-state index in [-0.39, 0.29) is 5.25 Å². The van der Waals surface area contributed by atoms with Crippen LogP contribution in [0.5, 0.6) is 0 Å². The van der Waals surface area contributed by atoms with Gasteiger partial charge in [0.05, 0.1) is 17.2 Å². The molecular formula is C9H13ClN2O2S2. The summed E-state index contributed by atoms with van der Waals surface area (Å²) in [4.78, 5) is 4.09. The summed E-state index contributed by atoms with van der Waals surface area (Å²) in [5.41, 5.74) is 0. The van der Waals surface area contributed by atoms with Gasteiger partial charge in [0.15, 0.2) is 9.84 Å². The molecule has 0 bridgehead atoms. The van der Waals surface area contributed by atoms with Crippen molar-refractivity contribution in [3.63, 3.8) is 0 Å². The summed E-state index contributed by atoms with van der Waals surface area (Å²) in [6, 6.07) is 0. The maximum atomic E-state index is 11.5. The number of nitrogens with one attached hydrogen (secondary N) is 1. The molecule has 1 aliphatic heterocycles. The van der Waals surface area contributed by atoms with Gasteiger partial charge < -0.3 is 5.32 Å². The number of nitrogens with zero attached hydrogens (tertiary/aromatic N) is 1. The van der Waals surface area contributed by atoms with Crippen LogP contribution in [-0.2, 0) is 16.4 Å². The zero-order valence-electron chi connectivity index (χ0n) is 8.65. The maximum Gasteiger partial charge on any atom is 0.154 e. The van der Waals surface area contributed by atoms with E-state index in [1.54, 1.807) is 6.20 Å². The number of thiazole rings is 1. The lowest BCUT2D eigenvalue weighted by molar-refractivity contribution is 0.573. The summed E-state index contributed by atoms with van der Waals surface area (Å²) in [6.45, 7) is 1.10. The van der Waals surface area contributed by atoms with E-state index in [1.807, 2.05) is 0 Å². The Hall–Kier alpha value is -0.170. The molecule has 4 nitrogen and oxygen atoms in total. The monoisotopic (exact) mass is 280 g/mol. The summed E-state index contributed by atoms with van der Waals surface area (Å²) < 4.78 is 23.7. The minimum Gasteiger partial charge on any atom is -0.309 e. The Morgan fingerprint density at radius 3 is 3.00 bits per heavy atom. The van der Waals surface area contributed by atoms with Gasteiger partial charge in [-0.05, 0) is 12.8 Å². The highest BCUT2D eigenvalue weighted by Crippen LogP contribution is 2.20. The number of rotatable bonds is 4. The average Bonchev–Trinajstić information content (AvgIpc) is 2.74. The molecule has 1 aliphatic rings. The summed E-state index contributed by atoms with van der Waals surface area (Å²) >= 11 is 7.16. The molecule has 90 valence electrons. The van der Waals surface area contributed by atoms with Crippen molar-refractivity contribution >= 4 is 32.8 Å². The van der Waals surface area contributed by atoms with Crippen LogP contribution in [0.25, 0.3) is 0 Å². The van der Waals surface area contributed by atoms with Gasteiger partial charge in [0.1, 0.15) is 9.34 Å². The molecule has 2 rings (SSSR count). The van der Waals surface area contributed by atoms with Gasteiger partial charge in [0.25, 0.3) is 0 Å². The average molecular weight is 281 g/mol. The first-order valence-corrected chi connectivity index (χ1v) is 8.01. The van der Waals surface area contributed by atoms with E-state index < -0.39 is 9.84 Å². The van der Waals surface area contributed by atoms with Crippen LogP contribution in [0.15, 0.2) is 6.20 Å². The van der Waals surface area contributed by atoms with E-state index in [0.29, 0.717) is 23.2 Å². The van der Waals surface area contributed by atoms with Gasteiger partial charge in [0.2, 0.25) is 0 Å². The van der Waals surface area contributed by atoms with Crippen LogP contribution >= 0.6 is 22.9 Å². The number of sulfone groups is 1. The molecule has 1 fully saturated rings. The molecule has 0 aromatic carbocycles. The van der Waals surface area contributed by atoms with Gasteiger partial charge in [-0.1, -0.05) is 11.6 Å². The molecule has 2 heterocycles. The first kappa shape index (κ1) is 12.3. The third kappa shape index (κ3) is 2.94. The largest absolute Gasteiger partial charge is 0.309 e. The quantitative estimate of drug-likeness (QED) is 0.907. The van der Waals surface area contributed by atoms with E-state index in [4.69, 9.17) is 11.6 Å². The molecule has 1 saturated heterocycles. The number of hydrogen-bond donors (Lipinski definition) is 1. The topological polar surface area (TPSA) is 59.1 Å². The maximum absolute atomic E-state index is 11.5. The Labute approximate surface area is 104 Å². The number of hydrogen-bond acceptors (Lipinski definition) is 5. The lowest BCUT2D eigenvalue weighted by Crippen LogP contribution is -2.30. The fourth-order valence-corrected chi connectivity index (χ4v) is 4.52. The van der Waals surface area contributed by atoms with Crippen molar-refractivity contribution in [2.45, 2.75) is 24.6 Å². The van der Waals surface area contributed by atoms with Crippen molar-refractivity contribution in [2.75, 3.05) is 12.3 Å². The molecule has 7 heteroatoms. The smallest absolute Gasteiger partial charge is 0.154 e. The van der Waals surface area contributed by atoms with Gasteiger partial charge >= 0.3 is 0 Å². The predicted octanol–water partition coefficient (Wildman–Crippen LogP) is 1.46. The third-order valence-electron chi connectivity index (χ3n) is 2.64. The van der Waals surface area contributed by atoms with E-state index in [2.05, 4.69) is 10.3 Å². The van der Waals surface area contributed by atoms with Crippen LogP contribution in [-0.4, -0.2) is 30.9 Å². The fraction of sp³-hybridized carbons (Fsp3) is 0.667. The molecule has 16 heavy (non-hydrogen) atoms. The van der Waals surface area contributed by atoms with Crippen molar-refractivity contribution in [1.82, 2.24) is 10.3 Å². The van der Waals surface area contributed by atoms with E-state index in [9.17, 15) is 8.42 Å². The van der Waals surface area contributed by atoms with Crippen molar-refractivity contribution in [3.05, 3.63) is 15.5 Å². The molecule has 1 unspecified atom stereocenters. The van der Waals surface area contributed by atoms with E-state index in [1.165, 1.54) is 11.3 Å². The van der Waals surface area contributed by atoms with Crippen LogP contribution in [0.3, 0.4) is 0 Å². The first-order valence-electron chi connectivity index (χ1n) is 5.10. The van der Waals surface area contributed by atoms with E-state index >= 15 is 0 Å². The summed E-state index contributed by atoms with van der Waals surface area (Å²) in [5, 5.41) is 3.79. The van der Waals surface area contributed by atoms with Crippen LogP contribution in [0.2, 0.25) is 4.34 Å². The zero-order valence-corrected chi connectivity index (χ0v) is 11.0. The van der Waals surface area contributed by atoms with Gasteiger partial charge in [-0.25, -0.2) is 13.4 Å². The molecule has 0 saturated carbocycles. The van der Waals surface area contributed by atoms with Crippen LogP contribution in [0.4, 0.5) is 0 Å².